The molecule has 0 radical (unpaired) electrons. The minimum atomic E-state index is -0.760. The third-order valence-electron chi connectivity index (χ3n) is 4.55. The number of halogens is 1. The van der Waals surface area contributed by atoms with Gasteiger partial charge in [-0.2, -0.15) is 0 Å². The fourth-order valence-electron chi connectivity index (χ4n) is 3.26. The molecule has 5 nitrogen and oxygen atoms in total. The molecule has 2 aromatic carbocycles. The quantitative estimate of drug-likeness (QED) is 0.404. The Balaban J connectivity index is 2.11. The minimum Gasteiger partial charge on any atom is -0.493 e. The first-order valence-corrected chi connectivity index (χ1v) is 9.28. The molecule has 3 rings (SSSR count). The maximum atomic E-state index is 14.6. The summed E-state index contributed by atoms with van der Waals surface area (Å²) >= 11 is 0. The van der Waals surface area contributed by atoms with E-state index in [1.165, 1.54) is 7.05 Å². The van der Waals surface area contributed by atoms with Gasteiger partial charge in [0.15, 0.2) is 0 Å². The number of carbonyl (C=O) groups excluding carboxylic acids is 1. The van der Waals surface area contributed by atoms with Crippen LogP contribution in [0.4, 0.5) is 10.1 Å². The molecular weight excluding hydrogens is 371 g/mol. The maximum absolute atomic E-state index is 14.6. The fourth-order valence-corrected chi connectivity index (χ4v) is 3.26. The van der Waals surface area contributed by atoms with E-state index in [0.717, 1.165) is 21.4 Å². The van der Waals surface area contributed by atoms with Gasteiger partial charge in [0.05, 0.1) is 19.8 Å². The number of carbonyl (C=O) groups is 1. The molecular formula is C23H21FN2O3. The zero-order chi connectivity index (χ0) is 21.0. The second-order valence-electron chi connectivity index (χ2n) is 6.26. The van der Waals surface area contributed by atoms with Crippen molar-refractivity contribution in [3.8, 4) is 28.0 Å². The normalized spacial score (nSPS) is 10.4. The van der Waals surface area contributed by atoms with E-state index < -0.39 is 11.9 Å². The minimum absolute atomic E-state index is 0.0258. The molecule has 0 fully saturated rings. The fraction of sp³-hybridized carbons (Fsp3) is 0.217. The Morgan fingerprint density at radius 3 is 2.34 bits per heavy atom. The highest BCUT2D eigenvalue weighted by molar-refractivity contribution is 6.01. The predicted octanol–water partition coefficient (Wildman–Crippen LogP) is 5.62. The third kappa shape index (κ3) is 3.72. The highest BCUT2D eigenvalue weighted by atomic mass is 19.1. The topological polar surface area (TPSA) is 44.8 Å². The van der Waals surface area contributed by atoms with Crippen molar-refractivity contribution >= 4 is 11.7 Å². The van der Waals surface area contributed by atoms with E-state index in [1.54, 1.807) is 19.1 Å². The molecule has 0 saturated heterocycles. The average Bonchev–Trinajstić information content (AvgIpc) is 2.99. The van der Waals surface area contributed by atoms with Crippen LogP contribution in [0.2, 0.25) is 0 Å². The largest absolute Gasteiger partial charge is 0.493 e. The molecule has 0 saturated carbocycles. The Kier molecular flexibility index (Phi) is 5.99. The number of nitrogens with zero attached hydrogens (tertiary/aromatic N) is 2. The molecule has 0 aliphatic rings. The van der Waals surface area contributed by atoms with Gasteiger partial charge in [0, 0.05) is 18.2 Å². The molecule has 1 heterocycles. The van der Waals surface area contributed by atoms with Crippen LogP contribution in [0.25, 0.3) is 27.1 Å². The van der Waals surface area contributed by atoms with E-state index in [0.29, 0.717) is 12.2 Å². The lowest BCUT2D eigenvalue weighted by molar-refractivity contribution is 0.0514. The first-order chi connectivity index (χ1) is 14.0. The summed E-state index contributed by atoms with van der Waals surface area (Å²) < 4.78 is 26.4. The smallest absolute Gasteiger partial charge is 0.354 e. The molecule has 0 atom stereocenters. The molecule has 0 N–H and O–H groups in total. The first kappa shape index (κ1) is 20.2. The van der Waals surface area contributed by atoms with Crippen molar-refractivity contribution in [2.75, 3.05) is 13.2 Å². The second kappa shape index (κ2) is 8.61. The van der Waals surface area contributed by atoms with E-state index in [2.05, 4.69) is 4.85 Å². The van der Waals surface area contributed by atoms with Gasteiger partial charge >= 0.3 is 5.97 Å². The van der Waals surface area contributed by atoms with Crippen molar-refractivity contribution in [1.29, 1.82) is 0 Å². The van der Waals surface area contributed by atoms with Gasteiger partial charge < -0.3 is 14.0 Å². The van der Waals surface area contributed by atoms with E-state index in [9.17, 15) is 9.18 Å². The van der Waals surface area contributed by atoms with Crippen LogP contribution in [-0.2, 0) is 11.8 Å². The summed E-state index contributed by atoms with van der Waals surface area (Å²) in [5.41, 5.74) is 2.47. The molecule has 0 spiro atoms. The number of hydrogen-bond acceptors (Lipinski definition) is 3. The lowest BCUT2D eigenvalue weighted by Crippen LogP contribution is -2.11. The molecule has 1 aromatic heterocycles. The molecule has 0 aliphatic carbocycles. The number of ether oxygens (including phenoxy) is 2. The molecule has 0 bridgehead atoms. The van der Waals surface area contributed by atoms with Crippen molar-refractivity contribution in [1.82, 2.24) is 4.57 Å². The lowest BCUT2D eigenvalue weighted by atomic mass is 9.99. The van der Waals surface area contributed by atoms with Gasteiger partial charge in [-0.25, -0.2) is 14.0 Å². The summed E-state index contributed by atoms with van der Waals surface area (Å²) in [4.78, 5) is 15.7. The summed E-state index contributed by atoms with van der Waals surface area (Å²) in [5.74, 6) is -0.657. The number of para-hydroxylation sites is 1. The van der Waals surface area contributed by atoms with Gasteiger partial charge in [0.25, 0.3) is 0 Å². The molecule has 6 heteroatoms. The molecule has 0 aliphatic heterocycles. The summed E-state index contributed by atoms with van der Waals surface area (Å²) in [6.45, 7) is 11.7. The third-order valence-corrected chi connectivity index (χ3v) is 4.55. The van der Waals surface area contributed by atoms with Crippen molar-refractivity contribution in [2.45, 2.75) is 13.8 Å². The Morgan fingerprint density at radius 2 is 1.72 bits per heavy atom. The summed E-state index contributed by atoms with van der Waals surface area (Å²) in [5, 5.41) is 0. The molecule has 29 heavy (non-hydrogen) atoms. The second-order valence-corrected chi connectivity index (χ2v) is 6.26. The monoisotopic (exact) mass is 392 g/mol. The SMILES string of the molecule is [C-]#[N+]c1c(-c2ccc(-c3ccccc3OCC)cc2)c(C(=O)OCC)n(C)c1F. The van der Waals surface area contributed by atoms with Crippen LogP contribution in [-0.4, -0.2) is 23.8 Å². The van der Waals surface area contributed by atoms with Crippen LogP contribution in [0.1, 0.15) is 24.3 Å². The van der Waals surface area contributed by atoms with Crippen LogP contribution in [0.5, 0.6) is 5.75 Å². The Hall–Kier alpha value is -3.59. The van der Waals surface area contributed by atoms with E-state index in [4.69, 9.17) is 16.0 Å². The Bertz CT molecular complexity index is 1080. The van der Waals surface area contributed by atoms with Gasteiger partial charge in [-0.05, 0) is 31.0 Å². The Morgan fingerprint density at radius 1 is 1.07 bits per heavy atom. The Labute approximate surface area is 169 Å². The molecule has 0 unspecified atom stereocenters. The standard InChI is InChI=1S/C23H21FN2O3/c1-5-28-18-10-8-7-9-17(18)15-11-13-16(14-12-15)19-20(25-3)22(24)26(4)21(19)23(27)29-6-2/h7-14H,5-6H2,1-2,4H3. The van der Waals surface area contributed by atoms with Crippen molar-refractivity contribution in [3.63, 3.8) is 0 Å². The van der Waals surface area contributed by atoms with Crippen molar-refractivity contribution in [2.24, 2.45) is 7.05 Å². The molecule has 148 valence electrons. The van der Waals surface area contributed by atoms with E-state index >= 15 is 0 Å². The predicted molar refractivity (Wildman–Crippen MR) is 110 cm³/mol. The van der Waals surface area contributed by atoms with Crippen molar-refractivity contribution < 1.29 is 18.7 Å². The summed E-state index contributed by atoms with van der Waals surface area (Å²) in [7, 11) is 1.41. The van der Waals surface area contributed by atoms with Gasteiger partial charge in [0.2, 0.25) is 11.6 Å². The van der Waals surface area contributed by atoms with Gasteiger partial charge in [-0.1, -0.05) is 42.5 Å². The highest BCUT2D eigenvalue weighted by Gasteiger charge is 2.28. The number of benzene rings is 2. The number of esters is 1. The molecule has 0 amide bonds. The maximum Gasteiger partial charge on any atom is 0.354 e. The lowest BCUT2D eigenvalue weighted by Gasteiger charge is -2.11. The molecule has 3 aromatic rings. The number of rotatable bonds is 6. The highest BCUT2D eigenvalue weighted by Crippen LogP contribution is 2.39. The van der Waals surface area contributed by atoms with Gasteiger partial charge in [0.1, 0.15) is 11.4 Å². The average molecular weight is 392 g/mol. The zero-order valence-electron chi connectivity index (χ0n) is 16.5. The van der Waals surface area contributed by atoms with Crippen LogP contribution < -0.4 is 4.74 Å². The summed E-state index contributed by atoms with van der Waals surface area (Å²) in [6, 6.07) is 14.9. The van der Waals surface area contributed by atoms with Crippen LogP contribution in [0.15, 0.2) is 48.5 Å². The van der Waals surface area contributed by atoms with Gasteiger partial charge in [-0.3, -0.25) is 0 Å². The first-order valence-electron chi connectivity index (χ1n) is 9.28. The van der Waals surface area contributed by atoms with E-state index in [1.807, 2.05) is 43.3 Å². The van der Waals surface area contributed by atoms with Crippen LogP contribution in [0, 0.1) is 12.5 Å². The number of aromatic nitrogens is 1. The van der Waals surface area contributed by atoms with Crippen LogP contribution in [0.3, 0.4) is 0 Å². The van der Waals surface area contributed by atoms with Crippen LogP contribution >= 0.6 is 0 Å². The van der Waals surface area contributed by atoms with E-state index in [-0.39, 0.29) is 23.6 Å². The number of hydrogen-bond donors (Lipinski definition) is 0. The van der Waals surface area contributed by atoms with Crippen molar-refractivity contribution in [3.05, 3.63) is 71.6 Å². The zero-order valence-corrected chi connectivity index (χ0v) is 16.5. The van der Waals surface area contributed by atoms with Gasteiger partial charge in [-0.15, -0.1) is 0 Å². The summed E-state index contributed by atoms with van der Waals surface area (Å²) in [6.07, 6.45) is 0.